The quantitative estimate of drug-likeness (QED) is 0.0178. The van der Waals surface area contributed by atoms with Gasteiger partial charge in [0, 0.05) is 92.7 Å². The van der Waals surface area contributed by atoms with Crippen LogP contribution in [-0.4, -0.2) is 180 Å². The standard InChI is InChI=1S/C54H67N10O24P3S2/c1-8-63-37-21-39-35(19-33(37)29(23-53(63,3)4)26-92(77,78)79)43(36-20-34-30(27-93(80,81)82)24-54(5,6)64(9-2)38(34)22-40(36)84-39)31-13-10-11-14-32(31)49(68)61(7)18-12-15-42(65)56-16-17-57-52(69)86-46-41(25-83-90(73,74)88-91(75,76)87-89(70,71)72)85-50(45(46)66)62-28-58-44-47(62)59-51(55)60-48(44)67/h10-11,13-14,19-24,28,41,45-46,50,66H,8-9,12,15-18,25-27H2,1-7H3,(H10-,55,56,57,59,60,65,67,69,70,71,72,73,74,75,76,77,78,79,80,81,82)/p+1/t41-,45-,46-,50-/m1/s1. The summed E-state index contributed by atoms with van der Waals surface area (Å²) < 4.78 is 140. The van der Waals surface area contributed by atoms with E-state index in [0.29, 0.717) is 79.8 Å². The number of aromatic amines is 1. The summed E-state index contributed by atoms with van der Waals surface area (Å²) in [5.41, 5.74) is 6.49. The van der Waals surface area contributed by atoms with Crippen LogP contribution in [-0.2, 0) is 61.3 Å². The molecule has 1 fully saturated rings. The number of aromatic nitrogens is 4. The van der Waals surface area contributed by atoms with Gasteiger partial charge in [0.1, 0.15) is 41.8 Å². The first kappa shape index (κ1) is 70.2. The van der Waals surface area contributed by atoms with E-state index in [9.17, 15) is 73.7 Å². The molecule has 0 spiro atoms. The molecule has 6 heterocycles. The molecule has 4 aliphatic rings. The van der Waals surface area contributed by atoms with Gasteiger partial charge in [0.15, 0.2) is 29.0 Å². The summed E-state index contributed by atoms with van der Waals surface area (Å²) in [6.45, 7) is 10.8. The number of rotatable bonds is 24. The van der Waals surface area contributed by atoms with Crippen molar-refractivity contribution in [2.45, 2.75) is 90.0 Å². The number of benzene rings is 3. The van der Waals surface area contributed by atoms with E-state index in [-0.39, 0.29) is 55.2 Å². The van der Waals surface area contributed by atoms with E-state index in [2.05, 4.69) is 43.7 Å². The van der Waals surface area contributed by atoms with E-state index < -0.39 is 121 Å². The van der Waals surface area contributed by atoms with E-state index in [0.717, 1.165) is 10.9 Å². The van der Waals surface area contributed by atoms with Crippen molar-refractivity contribution in [3.05, 3.63) is 116 Å². The van der Waals surface area contributed by atoms with E-state index in [1.54, 1.807) is 60.7 Å². The number of aliphatic hydroxyl groups excluding tert-OH is 1. The first-order valence-electron chi connectivity index (χ1n) is 28.4. The van der Waals surface area contributed by atoms with Crippen LogP contribution >= 0.6 is 23.5 Å². The second-order valence-electron chi connectivity index (χ2n) is 23.0. The van der Waals surface area contributed by atoms with Crippen molar-refractivity contribution in [1.29, 1.82) is 0 Å². The van der Waals surface area contributed by atoms with Crippen molar-refractivity contribution in [2.75, 3.05) is 68.5 Å². The SMILES string of the molecule is CCN1c2cc3c(cc2C(CS(=O)(=O)O)=CC1(C)C)C(c1ccccc1C(=O)N(C)CCCC(=O)NCCNC(=O)O[C@H]1[C@@H](O)[C@H](n2cnc4c(=O)[nH]c(N)nc42)O[C@@H]1COP(=O)(O)OP(=O)(O)OP(=O)(O)O)=c1cc2c(cc1O3)=[N+](CC)C(C)(C)C=C2CS(=O)(=O)O. The topological polar surface area (TPSA) is 491 Å². The summed E-state index contributed by atoms with van der Waals surface area (Å²) in [5, 5.41) is 17.4. The molecule has 2 unspecified atom stereocenters. The molecule has 6 atom stereocenters. The van der Waals surface area contributed by atoms with Gasteiger partial charge in [-0.2, -0.15) is 30.4 Å². The lowest BCUT2D eigenvalue weighted by Crippen LogP contribution is -2.50. The maximum absolute atomic E-state index is 14.8. The number of nitrogen functional groups attached to an aromatic ring is 1. The van der Waals surface area contributed by atoms with Crippen molar-refractivity contribution < 1.29 is 106 Å². The predicted octanol–water partition coefficient (Wildman–Crippen LogP) is 1.88. The van der Waals surface area contributed by atoms with Gasteiger partial charge in [-0.15, -0.1) is 0 Å². The second kappa shape index (κ2) is 26.3. The van der Waals surface area contributed by atoms with Gasteiger partial charge in [-0.25, -0.2) is 28.0 Å². The Balaban J connectivity index is 0.916. The zero-order valence-electron chi connectivity index (χ0n) is 50.7. The Bertz CT molecular complexity index is 4530. The number of amides is 3. The van der Waals surface area contributed by atoms with Gasteiger partial charge in [0.2, 0.25) is 17.2 Å². The van der Waals surface area contributed by atoms with Gasteiger partial charge in [-0.3, -0.25) is 37.6 Å². The molecule has 504 valence electrons. The number of phosphoric acid groups is 3. The van der Waals surface area contributed by atoms with Crippen molar-refractivity contribution in [2.24, 2.45) is 0 Å². The molecule has 39 heteroatoms. The van der Waals surface area contributed by atoms with Crippen LogP contribution in [0, 0.1) is 0 Å². The van der Waals surface area contributed by atoms with Crippen molar-refractivity contribution >= 4 is 101 Å². The van der Waals surface area contributed by atoms with Crippen molar-refractivity contribution in [1.82, 2.24) is 39.6 Å². The highest BCUT2D eigenvalue weighted by molar-refractivity contribution is 7.86. The molecule has 0 saturated carbocycles. The fourth-order valence-corrected chi connectivity index (χ4v) is 16.2. The minimum atomic E-state index is -5.97. The van der Waals surface area contributed by atoms with Gasteiger partial charge in [0.25, 0.3) is 31.7 Å². The Morgan fingerprint density at radius 1 is 0.871 bits per heavy atom. The van der Waals surface area contributed by atoms with Crippen LogP contribution < -0.4 is 46.7 Å². The number of nitrogens with zero attached hydrogens (tertiary/aromatic N) is 6. The molecule has 2 aromatic heterocycles. The van der Waals surface area contributed by atoms with Crippen LogP contribution in [0.3, 0.4) is 0 Å². The molecule has 93 heavy (non-hydrogen) atoms. The highest BCUT2D eigenvalue weighted by atomic mass is 32.2. The van der Waals surface area contributed by atoms with Crippen LogP contribution in [0.15, 0.2) is 71.8 Å². The van der Waals surface area contributed by atoms with Crippen LogP contribution in [0.5, 0.6) is 11.5 Å². The minimum Gasteiger partial charge on any atom is -0.456 e. The van der Waals surface area contributed by atoms with Gasteiger partial charge in [-0.05, 0) is 75.1 Å². The maximum Gasteiger partial charge on any atom is 0.490 e. The Hall–Kier alpha value is -7.08. The first-order valence-corrected chi connectivity index (χ1v) is 36.1. The second-order valence-corrected chi connectivity index (χ2v) is 30.4. The lowest BCUT2D eigenvalue weighted by molar-refractivity contribution is -0.121. The summed E-state index contributed by atoms with van der Waals surface area (Å²) in [4.78, 5) is 105. The van der Waals surface area contributed by atoms with Crippen molar-refractivity contribution in [3.63, 3.8) is 0 Å². The van der Waals surface area contributed by atoms with Crippen LogP contribution in [0.1, 0.15) is 93.2 Å². The van der Waals surface area contributed by atoms with E-state index >= 15 is 0 Å². The molecule has 9 rings (SSSR count). The third kappa shape index (κ3) is 15.9. The largest absolute Gasteiger partial charge is 0.490 e. The first-order chi connectivity index (χ1) is 43.2. The lowest BCUT2D eigenvalue weighted by atomic mass is 9.83. The number of hydrogen-bond donors (Lipinski definition) is 11. The molecule has 34 nitrogen and oxygen atoms in total. The number of anilines is 2. The Labute approximate surface area is 530 Å². The van der Waals surface area contributed by atoms with Crippen molar-refractivity contribution in [3.8, 4) is 11.5 Å². The Morgan fingerprint density at radius 3 is 2.19 bits per heavy atom. The summed E-state index contributed by atoms with van der Waals surface area (Å²) in [5.74, 6) is -2.16. The number of hydrogen-bond acceptors (Lipinski definition) is 22. The van der Waals surface area contributed by atoms with Gasteiger partial charge < -0.3 is 65.1 Å². The number of aliphatic hydroxyl groups is 1. The number of likely N-dealkylation sites (N-methyl/N-ethyl adjacent to an activating group) is 2. The molecule has 5 aromatic rings. The zero-order chi connectivity index (χ0) is 68.3. The fourth-order valence-electron chi connectivity index (χ4n) is 11.9. The van der Waals surface area contributed by atoms with E-state index in [4.69, 9.17) is 34.3 Å². The van der Waals surface area contributed by atoms with Gasteiger partial charge >= 0.3 is 29.6 Å². The smallest absolute Gasteiger partial charge is 0.456 e. The molecule has 4 aliphatic heterocycles. The third-order valence-electron chi connectivity index (χ3n) is 15.5. The van der Waals surface area contributed by atoms with Gasteiger partial charge in [0.05, 0.1) is 30.1 Å². The third-order valence-corrected chi connectivity index (χ3v) is 20.6. The molecule has 3 aromatic carbocycles. The highest BCUT2D eigenvalue weighted by Crippen LogP contribution is 2.66. The number of imidazole rings is 1. The number of ether oxygens (including phenoxy) is 3. The fraction of sp³-hybridized carbons (Fsp3) is 0.426. The summed E-state index contributed by atoms with van der Waals surface area (Å²) in [6.07, 6.45) is -3.97. The number of carbonyl (C=O) groups is 3. The molecule has 12 N–H and O–H groups in total. The lowest BCUT2D eigenvalue weighted by Gasteiger charge is -2.43. The summed E-state index contributed by atoms with van der Waals surface area (Å²) >= 11 is 0. The molecule has 0 radical (unpaired) electrons. The van der Waals surface area contributed by atoms with Gasteiger partial charge in [-0.1, -0.05) is 24.3 Å². The monoisotopic (exact) mass is 1400 g/mol. The normalized spacial score (nSPS) is 20.4. The molecule has 3 amide bonds. The number of carbonyl (C=O) groups excluding carboxylic acids is 3. The van der Waals surface area contributed by atoms with Crippen LogP contribution in [0.25, 0.3) is 27.9 Å². The van der Waals surface area contributed by atoms with E-state index in [1.165, 1.54) is 11.9 Å². The predicted molar refractivity (Wildman–Crippen MR) is 332 cm³/mol. The molecule has 1 saturated heterocycles. The number of nitrogens with one attached hydrogen (secondary N) is 3. The van der Waals surface area contributed by atoms with Crippen LogP contribution in [0.4, 0.5) is 16.4 Å². The Kier molecular flexibility index (Phi) is 19.8. The van der Waals surface area contributed by atoms with Crippen LogP contribution in [0.2, 0.25) is 0 Å². The summed E-state index contributed by atoms with van der Waals surface area (Å²) in [6, 6.07) is 13.8. The Morgan fingerprint density at radius 2 is 1.54 bits per heavy atom. The zero-order valence-corrected chi connectivity index (χ0v) is 55.0. The van der Waals surface area contributed by atoms with E-state index in [1.807, 2.05) is 41.5 Å². The molecule has 0 bridgehead atoms. The minimum absolute atomic E-state index is 0.0292. The number of H-pyrrole nitrogens is 1. The average Bonchev–Trinajstić information content (AvgIpc) is 1.42. The number of fused-ring (bicyclic) bond motifs is 5. The average molecular weight is 1400 g/mol. The number of phosphoric ester groups is 1. The molecular formula is C54H68N10O24P3S2+. The number of alkyl carbamates (subject to hydrolysis) is 1. The summed E-state index contributed by atoms with van der Waals surface area (Å²) in [7, 11) is -25.1. The highest BCUT2D eigenvalue weighted by Gasteiger charge is 2.50. The maximum atomic E-state index is 14.8. The molecular weight excluding hydrogens is 1330 g/mol. The molecule has 0 aliphatic carbocycles. The number of nitrogens with two attached hydrogens (primary N) is 1.